The first-order valence-electron chi connectivity index (χ1n) is 8.10. The van der Waals surface area contributed by atoms with Gasteiger partial charge in [-0.3, -0.25) is 9.09 Å². The topological polar surface area (TPSA) is 230 Å². The average Bonchev–Trinajstić information content (AvgIpc) is 2.99. The van der Waals surface area contributed by atoms with E-state index in [1.54, 1.807) is 0 Å². The molecule has 1 aliphatic rings. The Morgan fingerprint density at radius 3 is 2.52 bits per heavy atom. The third kappa shape index (κ3) is 7.97. The lowest BCUT2D eigenvalue weighted by Crippen LogP contribution is -2.38. The number of nitrogens with zero attached hydrogens (tertiary/aromatic N) is 2. The van der Waals surface area contributed by atoms with E-state index in [9.17, 15) is 27.8 Å². The van der Waals surface area contributed by atoms with Gasteiger partial charge < -0.3 is 30.0 Å². The van der Waals surface area contributed by atoms with E-state index in [0.29, 0.717) is 0 Å². The summed E-state index contributed by atoms with van der Waals surface area (Å²) in [6.07, 6.45) is 0.508. The summed E-state index contributed by atoms with van der Waals surface area (Å²) < 4.78 is 65.7. The minimum absolute atomic E-state index is 0.135. The molecule has 4 atom stereocenters. The fraction of sp³-hybridized carbons (Fsp3) is 0.636. The Labute approximate surface area is 178 Å². The van der Waals surface area contributed by atoms with Crippen LogP contribution in [0.15, 0.2) is 11.0 Å². The van der Waals surface area contributed by atoms with Crippen molar-refractivity contribution < 1.29 is 55.5 Å². The number of hydrogen-bond donors (Lipinski definition) is 5. The summed E-state index contributed by atoms with van der Waals surface area (Å²) >= 11 is 5.85. The van der Waals surface area contributed by atoms with Gasteiger partial charge in [0.25, 0.3) is 0 Å². The SMILES string of the molecule is Nc1nc(=O)n(CC2CC[C@@](CCl)(COP(=O)(O)OP(=O)(O)OP(=O)(O)O)O2)cc1F. The lowest BCUT2D eigenvalue weighted by atomic mass is 10.0. The molecule has 0 radical (unpaired) electrons. The number of phosphoric acid groups is 3. The van der Waals surface area contributed by atoms with E-state index in [2.05, 4.69) is 18.1 Å². The van der Waals surface area contributed by atoms with Crippen molar-refractivity contribution in [3.05, 3.63) is 22.5 Å². The summed E-state index contributed by atoms with van der Waals surface area (Å²) in [4.78, 5) is 50.8. The third-order valence-corrected chi connectivity index (χ3v) is 8.13. The van der Waals surface area contributed by atoms with Crippen molar-refractivity contribution in [1.29, 1.82) is 0 Å². The average molecular weight is 532 g/mol. The number of alkyl halides is 1. The van der Waals surface area contributed by atoms with Crippen LogP contribution in [0.25, 0.3) is 0 Å². The van der Waals surface area contributed by atoms with Gasteiger partial charge in [0.1, 0.15) is 5.60 Å². The van der Waals surface area contributed by atoms with E-state index in [1.165, 1.54) is 0 Å². The third-order valence-electron chi connectivity index (χ3n) is 3.86. The molecule has 0 bridgehead atoms. The van der Waals surface area contributed by atoms with Gasteiger partial charge >= 0.3 is 29.2 Å². The molecule has 0 spiro atoms. The molecule has 0 amide bonds. The molecule has 1 aromatic heterocycles. The van der Waals surface area contributed by atoms with Crippen molar-refractivity contribution in [1.82, 2.24) is 9.55 Å². The fourth-order valence-electron chi connectivity index (χ4n) is 2.60. The smallest absolute Gasteiger partial charge is 0.381 e. The normalized spacial score (nSPS) is 25.8. The maximum Gasteiger partial charge on any atom is 0.490 e. The molecular formula is C11H18ClFN3O12P3. The van der Waals surface area contributed by atoms with Gasteiger partial charge in [-0.05, 0) is 12.8 Å². The number of nitrogen functional groups attached to an aromatic ring is 1. The molecule has 15 nitrogen and oxygen atoms in total. The molecule has 0 saturated carbocycles. The van der Waals surface area contributed by atoms with Crippen LogP contribution in [0.2, 0.25) is 0 Å². The van der Waals surface area contributed by atoms with E-state index in [0.717, 1.165) is 10.8 Å². The Morgan fingerprint density at radius 1 is 1.29 bits per heavy atom. The van der Waals surface area contributed by atoms with Crippen LogP contribution in [0.5, 0.6) is 0 Å². The van der Waals surface area contributed by atoms with E-state index in [-0.39, 0.29) is 25.3 Å². The summed E-state index contributed by atoms with van der Waals surface area (Å²) in [6, 6.07) is 0. The van der Waals surface area contributed by atoms with Crippen molar-refractivity contribution in [3.63, 3.8) is 0 Å². The van der Waals surface area contributed by atoms with Crippen LogP contribution >= 0.6 is 35.1 Å². The molecule has 2 rings (SSSR count). The monoisotopic (exact) mass is 531 g/mol. The molecule has 1 fully saturated rings. The first kappa shape index (κ1) is 26.5. The van der Waals surface area contributed by atoms with Crippen LogP contribution in [0, 0.1) is 5.82 Å². The van der Waals surface area contributed by atoms with Gasteiger partial charge in [0.15, 0.2) is 11.6 Å². The highest BCUT2D eigenvalue weighted by molar-refractivity contribution is 7.66. The zero-order valence-electron chi connectivity index (χ0n) is 15.3. The van der Waals surface area contributed by atoms with Gasteiger partial charge in [0.05, 0.1) is 25.1 Å². The van der Waals surface area contributed by atoms with Crippen molar-refractivity contribution in [3.8, 4) is 0 Å². The van der Waals surface area contributed by atoms with Crippen molar-refractivity contribution in [2.24, 2.45) is 0 Å². The van der Waals surface area contributed by atoms with Gasteiger partial charge in [-0.25, -0.2) is 22.9 Å². The summed E-state index contributed by atoms with van der Waals surface area (Å²) in [6.45, 7) is -0.906. The molecule has 2 heterocycles. The Kier molecular flexibility index (Phi) is 8.24. The second-order valence-electron chi connectivity index (χ2n) is 6.37. The number of aromatic nitrogens is 2. The minimum Gasteiger partial charge on any atom is -0.381 e. The summed E-state index contributed by atoms with van der Waals surface area (Å²) in [5.74, 6) is -1.78. The maximum absolute atomic E-state index is 13.5. The van der Waals surface area contributed by atoms with E-state index < -0.39 is 59.1 Å². The van der Waals surface area contributed by atoms with Crippen LogP contribution in [0.4, 0.5) is 10.2 Å². The largest absolute Gasteiger partial charge is 0.490 e. The van der Waals surface area contributed by atoms with Gasteiger partial charge in [0, 0.05) is 6.20 Å². The number of ether oxygens (including phenoxy) is 1. The zero-order valence-corrected chi connectivity index (χ0v) is 18.8. The maximum atomic E-state index is 13.5. The Balaban J connectivity index is 2.02. The standard InChI is InChI=1S/C11H18ClFN3O12P3/c12-5-11(6-25-30(21,22)28-31(23,24)27-29(18,19)20)2-1-7(26-11)3-16-4-8(13)9(14)15-10(16)17/h4,7H,1-3,5-6H2,(H,21,22)(H,23,24)(H2,14,15,17)(H2,18,19,20)/t7?,11-/m1/s1. The molecule has 0 aromatic carbocycles. The molecule has 1 saturated heterocycles. The van der Waals surface area contributed by atoms with Crippen LogP contribution in [0.3, 0.4) is 0 Å². The van der Waals surface area contributed by atoms with E-state index >= 15 is 0 Å². The number of rotatable bonds is 10. The second kappa shape index (κ2) is 9.64. The highest BCUT2D eigenvalue weighted by Gasteiger charge is 2.45. The summed E-state index contributed by atoms with van der Waals surface area (Å²) in [5, 5.41) is 0. The summed E-state index contributed by atoms with van der Waals surface area (Å²) in [7, 11) is -16.6. The lowest BCUT2D eigenvalue weighted by molar-refractivity contribution is -0.0615. The predicted octanol–water partition coefficient (Wildman–Crippen LogP) is 0.464. The lowest BCUT2D eigenvalue weighted by Gasteiger charge is -2.28. The van der Waals surface area contributed by atoms with Gasteiger partial charge in [-0.2, -0.15) is 13.6 Å². The number of anilines is 1. The second-order valence-corrected chi connectivity index (χ2v) is 11.1. The summed E-state index contributed by atoms with van der Waals surface area (Å²) in [5.41, 5.74) is 2.97. The van der Waals surface area contributed by atoms with Crippen LogP contribution in [0.1, 0.15) is 12.8 Å². The van der Waals surface area contributed by atoms with E-state index in [1.807, 2.05) is 0 Å². The van der Waals surface area contributed by atoms with Crippen molar-refractivity contribution >= 4 is 40.9 Å². The van der Waals surface area contributed by atoms with Crippen LogP contribution in [-0.2, 0) is 38.1 Å². The molecule has 3 unspecified atom stereocenters. The molecule has 31 heavy (non-hydrogen) atoms. The first-order chi connectivity index (χ1) is 14.1. The highest BCUT2D eigenvalue weighted by Crippen LogP contribution is 2.66. The Morgan fingerprint density at radius 2 is 1.94 bits per heavy atom. The highest BCUT2D eigenvalue weighted by atomic mass is 35.5. The Hall–Kier alpha value is -0.730. The minimum atomic E-state index is -5.67. The molecule has 178 valence electrons. The number of halogens is 2. The molecule has 1 aromatic rings. The molecule has 6 N–H and O–H groups in total. The predicted molar refractivity (Wildman–Crippen MR) is 100 cm³/mol. The molecule has 20 heteroatoms. The van der Waals surface area contributed by atoms with Gasteiger partial charge in [0.2, 0.25) is 0 Å². The number of phosphoric ester groups is 1. The van der Waals surface area contributed by atoms with Crippen molar-refractivity contribution in [2.75, 3.05) is 18.2 Å². The van der Waals surface area contributed by atoms with Crippen LogP contribution < -0.4 is 11.4 Å². The molecular weight excluding hydrogens is 514 g/mol. The number of hydrogen-bond acceptors (Lipinski definition) is 10. The molecule has 0 aliphatic carbocycles. The van der Waals surface area contributed by atoms with Gasteiger partial charge in [-0.15, -0.1) is 11.6 Å². The number of nitrogens with two attached hydrogens (primary N) is 1. The Bertz CT molecular complexity index is 1020. The van der Waals surface area contributed by atoms with E-state index in [4.69, 9.17) is 36.8 Å². The zero-order chi connectivity index (χ0) is 23.7. The first-order valence-corrected chi connectivity index (χ1v) is 13.2. The van der Waals surface area contributed by atoms with Crippen LogP contribution in [-0.4, -0.2) is 53.3 Å². The fourth-order valence-corrected chi connectivity index (χ4v) is 5.97. The van der Waals surface area contributed by atoms with Crippen molar-refractivity contribution in [2.45, 2.75) is 31.1 Å². The van der Waals surface area contributed by atoms with Gasteiger partial charge in [-0.1, -0.05) is 0 Å². The quantitative estimate of drug-likeness (QED) is 0.204. The molecule has 1 aliphatic heterocycles.